The third kappa shape index (κ3) is 5.33. The summed E-state index contributed by atoms with van der Waals surface area (Å²) in [6.07, 6.45) is 7.47. The largest absolute Gasteiger partial charge is 0.493 e. The summed E-state index contributed by atoms with van der Waals surface area (Å²) in [6.45, 7) is 3.94. The van der Waals surface area contributed by atoms with Crippen LogP contribution in [0.3, 0.4) is 0 Å². The fourth-order valence-electron chi connectivity index (χ4n) is 1.80. The Hall–Kier alpha value is -2.44. The van der Waals surface area contributed by atoms with Crippen molar-refractivity contribution in [3.63, 3.8) is 0 Å². The molecule has 1 rings (SSSR count). The maximum absolute atomic E-state index is 12.1. The zero-order chi connectivity index (χ0) is 18.1. The van der Waals surface area contributed by atoms with Crippen LogP contribution in [-0.4, -0.2) is 25.7 Å². The van der Waals surface area contributed by atoms with E-state index in [0.29, 0.717) is 21.5 Å². The van der Waals surface area contributed by atoms with E-state index in [1.165, 1.54) is 13.2 Å². The number of carbonyl (C=O) groups excluding carboxylic acids is 1. The van der Waals surface area contributed by atoms with Gasteiger partial charge in [0.05, 0.1) is 11.6 Å². The SMILES string of the molecule is C#CCOc1c(Br)cc(/C=C(\C#N)C(=O)N[C@@H](C)CC)cc1OC. The van der Waals surface area contributed by atoms with Crippen molar-refractivity contribution in [2.24, 2.45) is 0 Å². The van der Waals surface area contributed by atoms with Gasteiger partial charge in [0.15, 0.2) is 11.5 Å². The van der Waals surface area contributed by atoms with Gasteiger partial charge in [0.2, 0.25) is 0 Å². The summed E-state index contributed by atoms with van der Waals surface area (Å²) in [5, 5.41) is 12.0. The number of ether oxygens (including phenoxy) is 2. The molecule has 1 atom stereocenters. The first-order chi connectivity index (χ1) is 11.5. The van der Waals surface area contributed by atoms with E-state index in [4.69, 9.17) is 15.9 Å². The first-order valence-electron chi connectivity index (χ1n) is 7.33. The number of halogens is 1. The Morgan fingerprint density at radius 3 is 2.79 bits per heavy atom. The van der Waals surface area contributed by atoms with Gasteiger partial charge in [-0.1, -0.05) is 12.8 Å². The lowest BCUT2D eigenvalue weighted by Gasteiger charge is -2.13. The van der Waals surface area contributed by atoms with Crippen molar-refractivity contribution < 1.29 is 14.3 Å². The highest BCUT2D eigenvalue weighted by atomic mass is 79.9. The number of rotatable bonds is 7. The molecule has 0 saturated heterocycles. The molecule has 0 fully saturated rings. The molecule has 0 heterocycles. The highest BCUT2D eigenvalue weighted by Gasteiger charge is 2.14. The van der Waals surface area contributed by atoms with Crippen LogP contribution in [0.5, 0.6) is 11.5 Å². The van der Waals surface area contributed by atoms with Crippen molar-refractivity contribution in [3.05, 3.63) is 27.7 Å². The molecular weight excluding hydrogens is 372 g/mol. The number of benzene rings is 1. The summed E-state index contributed by atoms with van der Waals surface area (Å²) in [6, 6.07) is 5.31. The number of methoxy groups -OCH3 is 1. The molecule has 1 aromatic carbocycles. The number of nitriles is 1. The summed E-state index contributed by atoms with van der Waals surface area (Å²) in [5.41, 5.74) is 0.643. The lowest BCUT2D eigenvalue weighted by Crippen LogP contribution is -2.32. The van der Waals surface area contributed by atoms with Crippen LogP contribution in [0, 0.1) is 23.7 Å². The van der Waals surface area contributed by atoms with Gasteiger partial charge >= 0.3 is 0 Å². The van der Waals surface area contributed by atoms with Crippen molar-refractivity contribution in [2.45, 2.75) is 26.3 Å². The Morgan fingerprint density at radius 2 is 2.25 bits per heavy atom. The minimum Gasteiger partial charge on any atom is -0.493 e. The molecule has 0 bridgehead atoms. The molecule has 1 aromatic rings. The monoisotopic (exact) mass is 390 g/mol. The normalized spacial score (nSPS) is 11.8. The second kappa shape index (κ2) is 9.64. The van der Waals surface area contributed by atoms with Gasteiger partial charge in [-0.25, -0.2) is 0 Å². The molecule has 0 radical (unpaired) electrons. The van der Waals surface area contributed by atoms with Crippen LogP contribution in [0.15, 0.2) is 22.2 Å². The highest BCUT2D eigenvalue weighted by Crippen LogP contribution is 2.37. The molecule has 6 heteroatoms. The Labute approximate surface area is 150 Å². The number of amides is 1. The average Bonchev–Trinajstić information content (AvgIpc) is 2.57. The molecule has 0 saturated carbocycles. The summed E-state index contributed by atoms with van der Waals surface area (Å²) in [5.74, 6) is 2.89. The van der Waals surface area contributed by atoms with Crippen LogP contribution >= 0.6 is 15.9 Å². The second-order valence-electron chi connectivity index (χ2n) is 4.98. The molecular formula is C18H19BrN2O3. The van der Waals surface area contributed by atoms with E-state index < -0.39 is 5.91 Å². The second-order valence-corrected chi connectivity index (χ2v) is 5.83. The highest BCUT2D eigenvalue weighted by molar-refractivity contribution is 9.10. The number of carbonyl (C=O) groups is 1. The van der Waals surface area contributed by atoms with Crippen LogP contribution in [0.1, 0.15) is 25.8 Å². The van der Waals surface area contributed by atoms with Gasteiger partial charge in [0.1, 0.15) is 18.2 Å². The Bertz CT molecular complexity index is 714. The summed E-state index contributed by atoms with van der Waals surface area (Å²) >= 11 is 3.38. The molecule has 1 N–H and O–H groups in total. The smallest absolute Gasteiger partial charge is 0.262 e. The molecule has 0 aliphatic heterocycles. The third-order valence-electron chi connectivity index (χ3n) is 3.22. The van der Waals surface area contributed by atoms with E-state index in [9.17, 15) is 10.1 Å². The van der Waals surface area contributed by atoms with Gasteiger partial charge in [0, 0.05) is 6.04 Å². The maximum atomic E-state index is 12.1. The van der Waals surface area contributed by atoms with E-state index >= 15 is 0 Å². The predicted molar refractivity (Wildman–Crippen MR) is 96.5 cm³/mol. The number of hydrogen-bond acceptors (Lipinski definition) is 4. The van der Waals surface area contributed by atoms with Crippen molar-refractivity contribution >= 4 is 27.9 Å². The van der Waals surface area contributed by atoms with Crippen molar-refractivity contribution in [1.29, 1.82) is 5.26 Å². The fraction of sp³-hybridized carbons (Fsp3) is 0.333. The third-order valence-corrected chi connectivity index (χ3v) is 3.81. The Balaban J connectivity index is 3.17. The predicted octanol–water partition coefficient (Wildman–Crippen LogP) is 3.29. The maximum Gasteiger partial charge on any atom is 0.262 e. The van der Waals surface area contributed by atoms with Gasteiger partial charge in [0.25, 0.3) is 5.91 Å². The average molecular weight is 391 g/mol. The lowest BCUT2D eigenvalue weighted by atomic mass is 10.1. The standard InChI is InChI=1S/C18H19BrN2O3/c1-5-7-24-17-15(19)9-13(10-16(17)23-4)8-14(11-20)18(22)21-12(3)6-2/h1,8-10,12H,6-7H2,2-4H3,(H,21,22)/b14-8+/t12-/m0/s1. The van der Waals surface area contributed by atoms with E-state index in [0.717, 1.165) is 6.42 Å². The van der Waals surface area contributed by atoms with Gasteiger partial charge in [-0.05, 0) is 53.0 Å². The lowest BCUT2D eigenvalue weighted by molar-refractivity contribution is -0.117. The summed E-state index contributed by atoms with van der Waals surface area (Å²) < 4.78 is 11.3. The summed E-state index contributed by atoms with van der Waals surface area (Å²) in [7, 11) is 1.50. The first kappa shape index (κ1) is 19.6. The van der Waals surface area contributed by atoms with Crippen LogP contribution in [0.2, 0.25) is 0 Å². The van der Waals surface area contributed by atoms with E-state index in [2.05, 4.69) is 27.2 Å². The number of hydrogen-bond donors (Lipinski definition) is 1. The van der Waals surface area contributed by atoms with Gasteiger partial charge in [-0.2, -0.15) is 5.26 Å². The molecule has 24 heavy (non-hydrogen) atoms. The zero-order valence-corrected chi connectivity index (χ0v) is 15.4. The Kier molecular flexibility index (Phi) is 7.88. The van der Waals surface area contributed by atoms with Crippen LogP contribution in [0.4, 0.5) is 0 Å². The number of nitrogens with zero attached hydrogens (tertiary/aromatic N) is 1. The van der Waals surface area contributed by atoms with E-state index in [-0.39, 0.29) is 18.2 Å². The molecule has 126 valence electrons. The fourth-order valence-corrected chi connectivity index (χ4v) is 2.37. The topological polar surface area (TPSA) is 71.3 Å². The first-order valence-corrected chi connectivity index (χ1v) is 8.12. The van der Waals surface area contributed by atoms with Crippen LogP contribution < -0.4 is 14.8 Å². The van der Waals surface area contributed by atoms with E-state index in [1.807, 2.05) is 19.9 Å². The molecule has 0 spiro atoms. The van der Waals surface area contributed by atoms with Gasteiger partial charge < -0.3 is 14.8 Å². The summed E-state index contributed by atoms with van der Waals surface area (Å²) in [4.78, 5) is 12.1. The molecule has 0 aliphatic carbocycles. The van der Waals surface area contributed by atoms with Crippen molar-refractivity contribution in [2.75, 3.05) is 13.7 Å². The number of terminal acetylenes is 1. The Morgan fingerprint density at radius 1 is 1.54 bits per heavy atom. The minimum absolute atomic E-state index is 0.00457. The quantitative estimate of drug-likeness (QED) is 0.440. The molecule has 0 aliphatic rings. The molecule has 1 amide bonds. The minimum atomic E-state index is -0.408. The van der Waals surface area contributed by atoms with Gasteiger partial charge in [-0.3, -0.25) is 4.79 Å². The molecule has 5 nitrogen and oxygen atoms in total. The van der Waals surface area contributed by atoms with Crippen molar-refractivity contribution in [1.82, 2.24) is 5.32 Å². The van der Waals surface area contributed by atoms with Gasteiger partial charge in [-0.15, -0.1) is 6.42 Å². The number of nitrogens with one attached hydrogen (secondary N) is 1. The van der Waals surface area contributed by atoms with Crippen LogP contribution in [-0.2, 0) is 4.79 Å². The van der Waals surface area contributed by atoms with E-state index in [1.54, 1.807) is 12.1 Å². The van der Waals surface area contributed by atoms with Crippen LogP contribution in [0.25, 0.3) is 6.08 Å². The molecule has 0 unspecified atom stereocenters. The van der Waals surface area contributed by atoms with Crippen molar-refractivity contribution in [3.8, 4) is 29.9 Å². The molecule has 0 aromatic heterocycles. The zero-order valence-electron chi connectivity index (χ0n) is 13.9.